The number of methoxy groups -OCH3 is 1. The lowest BCUT2D eigenvalue weighted by Gasteiger charge is -2.41. The first-order chi connectivity index (χ1) is 10.5. The quantitative estimate of drug-likeness (QED) is 0.795. The molecule has 1 aromatic carbocycles. The fourth-order valence-corrected chi connectivity index (χ4v) is 3.36. The molecule has 0 aliphatic carbocycles. The summed E-state index contributed by atoms with van der Waals surface area (Å²) >= 11 is 0. The van der Waals surface area contributed by atoms with Crippen molar-refractivity contribution in [1.29, 1.82) is 0 Å². The average molecular weight is 300 g/mol. The van der Waals surface area contributed by atoms with Gasteiger partial charge in [-0.15, -0.1) is 0 Å². The largest absolute Gasteiger partial charge is 0.484 e. The van der Waals surface area contributed by atoms with Gasteiger partial charge in [0.1, 0.15) is 11.4 Å². The summed E-state index contributed by atoms with van der Waals surface area (Å²) in [5.41, 5.74) is 3.79. The maximum Gasteiger partial charge on any atom is 0.182 e. The minimum absolute atomic E-state index is 0.181. The maximum atomic E-state index is 6.24. The van der Waals surface area contributed by atoms with Gasteiger partial charge in [-0.1, -0.05) is 0 Å². The van der Waals surface area contributed by atoms with Gasteiger partial charge in [-0.05, 0) is 63.0 Å². The van der Waals surface area contributed by atoms with Crippen molar-refractivity contribution in [2.45, 2.75) is 32.3 Å². The second-order valence-corrected chi connectivity index (χ2v) is 6.90. The molecule has 0 atom stereocenters. The van der Waals surface area contributed by atoms with E-state index >= 15 is 0 Å². The van der Waals surface area contributed by atoms with E-state index < -0.39 is 0 Å². The third-order valence-corrected chi connectivity index (χ3v) is 4.48. The van der Waals surface area contributed by atoms with E-state index in [1.54, 1.807) is 7.11 Å². The molecule has 0 N–H and O–H groups in total. The SMILES string of the molecule is [B]N1CCc2cc3c(cc2CC1)N(CCOC)CC(C)(C)O3. The molecule has 118 valence electrons. The molecule has 0 amide bonds. The number of benzene rings is 1. The van der Waals surface area contributed by atoms with E-state index in [4.69, 9.17) is 17.5 Å². The second kappa shape index (κ2) is 6.13. The lowest BCUT2D eigenvalue weighted by molar-refractivity contribution is 0.101. The first-order valence-corrected chi connectivity index (χ1v) is 8.07. The molecule has 0 spiro atoms. The van der Waals surface area contributed by atoms with Gasteiger partial charge in [0.25, 0.3) is 0 Å². The summed E-state index contributed by atoms with van der Waals surface area (Å²) in [6.07, 6.45) is 1.99. The van der Waals surface area contributed by atoms with E-state index in [-0.39, 0.29) is 5.60 Å². The predicted molar refractivity (Wildman–Crippen MR) is 90.0 cm³/mol. The summed E-state index contributed by atoms with van der Waals surface area (Å²) in [5.74, 6) is 0.997. The highest BCUT2D eigenvalue weighted by atomic mass is 16.5. The molecule has 2 aliphatic rings. The van der Waals surface area contributed by atoms with Gasteiger partial charge in [0, 0.05) is 13.7 Å². The van der Waals surface area contributed by atoms with Crippen LogP contribution in [0.25, 0.3) is 0 Å². The van der Waals surface area contributed by atoms with Gasteiger partial charge in [-0.25, -0.2) is 0 Å². The Morgan fingerprint density at radius 1 is 1.23 bits per heavy atom. The van der Waals surface area contributed by atoms with Crippen LogP contribution in [0.2, 0.25) is 0 Å². The lowest BCUT2D eigenvalue weighted by Crippen LogP contribution is -2.48. The third kappa shape index (κ3) is 3.25. The zero-order valence-corrected chi connectivity index (χ0v) is 13.9. The molecule has 2 aliphatic heterocycles. The van der Waals surface area contributed by atoms with Crippen LogP contribution in [0.4, 0.5) is 5.69 Å². The van der Waals surface area contributed by atoms with Gasteiger partial charge in [-0.3, -0.25) is 0 Å². The van der Waals surface area contributed by atoms with Crippen LogP contribution in [-0.2, 0) is 17.6 Å². The molecule has 2 radical (unpaired) electrons. The van der Waals surface area contributed by atoms with E-state index in [1.165, 1.54) is 16.8 Å². The van der Waals surface area contributed by atoms with Crippen LogP contribution in [0.15, 0.2) is 12.1 Å². The summed E-state index contributed by atoms with van der Waals surface area (Å²) in [4.78, 5) is 4.29. The number of ether oxygens (including phenoxy) is 2. The molecular weight excluding hydrogens is 275 g/mol. The van der Waals surface area contributed by atoms with Crippen molar-refractivity contribution < 1.29 is 9.47 Å². The van der Waals surface area contributed by atoms with Crippen LogP contribution in [-0.4, -0.2) is 58.3 Å². The highest BCUT2D eigenvalue weighted by Crippen LogP contribution is 2.39. The van der Waals surface area contributed by atoms with Crippen molar-refractivity contribution in [3.63, 3.8) is 0 Å². The van der Waals surface area contributed by atoms with Crippen molar-refractivity contribution in [2.75, 3.05) is 44.8 Å². The van der Waals surface area contributed by atoms with Crippen molar-refractivity contribution in [1.82, 2.24) is 4.81 Å². The van der Waals surface area contributed by atoms with Crippen LogP contribution < -0.4 is 9.64 Å². The Bertz CT molecular complexity index is 548. The first-order valence-electron chi connectivity index (χ1n) is 8.07. The zero-order chi connectivity index (χ0) is 15.7. The summed E-state index contributed by atoms with van der Waals surface area (Å²) in [6.45, 7) is 8.59. The van der Waals surface area contributed by atoms with Gasteiger partial charge in [0.2, 0.25) is 0 Å². The molecule has 2 heterocycles. The van der Waals surface area contributed by atoms with Crippen molar-refractivity contribution in [3.8, 4) is 5.75 Å². The fourth-order valence-electron chi connectivity index (χ4n) is 3.36. The minimum atomic E-state index is -0.181. The fraction of sp³-hybridized carbons (Fsp3) is 0.647. The number of nitrogens with zero attached hydrogens (tertiary/aromatic N) is 2. The van der Waals surface area contributed by atoms with Crippen LogP contribution >= 0.6 is 0 Å². The monoisotopic (exact) mass is 300 g/mol. The molecule has 0 bridgehead atoms. The highest BCUT2D eigenvalue weighted by molar-refractivity contribution is 6.04. The molecule has 4 nitrogen and oxygen atoms in total. The highest BCUT2D eigenvalue weighted by Gasteiger charge is 2.32. The molecule has 0 unspecified atom stereocenters. The molecule has 0 saturated heterocycles. The molecule has 5 heteroatoms. The Morgan fingerprint density at radius 2 is 1.91 bits per heavy atom. The summed E-state index contributed by atoms with van der Waals surface area (Å²) in [7, 11) is 7.73. The van der Waals surface area contributed by atoms with E-state index in [1.807, 2.05) is 4.81 Å². The first kappa shape index (κ1) is 15.7. The van der Waals surface area contributed by atoms with Crippen LogP contribution in [0, 0.1) is 0 Å². The number of anilines is 1. The van der Waals surface area contributed by atoms with Crippen LogP contribution in [0.3, 0.4) is 0 Å². The Morgan fingerprint density at radius 3 is 2.59 bits per heavy atom. The Labute approximate surface area is 134 Å². The molecule has 22 heavy (non-hydrogen) atoms. The van der Waals surface area contributed by atoms with Gasteiger partial charge in [0.15, 0.2) is 7.98 Å². The zero-order valence-electron chi connectivity index (χ0n) is 13.9. The topological polar surface area (TPSA) is 24.9 Å². The van der Waals surface area contributed by atoms with Crippen molar-refractivity contribution >= 4 is 13.7 Å². The van der Waals surface area contributed by atoms with Crippen molar-refractivity contribution in [2.24, 2.45) is 0 Å². The second-order valence-electron chi connectivity index (χ2n) is 6.90. The third-order valence-electron chi connectivity index (χ3n) is 4.48. The number of fused-ring (bicyclic) bond motifs is 2. The molecule has 0 saturated carbocycles. The van der Waals surface area contributed by atoms with E-state index in [9.17, 15) is 0 Å². The van der Waals surface area contributed by atoms with E-state index in [0.717, 1.165) is 51.4 Å². The standard InChI is InChI=1S/C17H25BN2O2/c1-17(2)12-19(8-9-21-3)15-10-13-4-6-20(18)7-5-14(13)11-16(15)22-17/h10-11H,4-9,12H2,1-3H3. The summed E-state index contributed by atoms with van der Waals surface area (Å²) in [6, 6.07) is 4.53. The van der Waals surface area contributed by atoms with E-state index in [2.05, 4.69) is 30.9 Å². The van der Waals surface area contributed by atoms with Crippen LogP contribution in [0.1, 0.15) is 25.0 Å². The normalized spacial score (nSPS) is 20.8. The molecule has 0 aromatic heterocycles. The Hall–Kier alpha value is -1.20. The maximum absolute atomic E-state index is 6.24. The van der Waals surface area contributed by atoms with Crippen LogP contribution in [0.5, 0.6) is 5.75 Å². The Balaban J connectivity index is 1.95. The molecular formula is C17H25BN2O2. The van der Waals surface area contributed by atoms with Gasteiger partial charge < -0.3 is 19.2 Å². The number of hydrogen-bond donors (Lipinski definition) is 0. The number of hydrogen-bond acceptors (Lipinski definition) is 4. The van der Waals surface area contributed by atoms with Gasteiger partial charge in [0.05, 0.1) is 18.8 Å². The molecule has 1 aromatic rings. The predicted octanol–water partition coefficient (Wildman–Crippen LogP) is 1.79. The van der Waals surface area contributed by atoms with Gasteiger partial charge >= 0.3 is 0 Å². The smallest absolute Gasteiger partial charge is 0.182 e. The summed E-state index contributed by atoms with van der Waals surface area (Å²) < 4.78 is 11.5. The number of rotatable bonds is 3. The molecule has 3 rings (SSSR count). The average Bonchev–Trinajstić information content (AvgIpc) is 2.64. The van der Waals surface area contributed by atoms with E-state index in [0.29, 0.717) is 0 Å². The molecule has 0 fully saturated rings. The minimum Gasteiger partial charge on any atom is -0.484 e. The Kier molecular flexibility index (Phi) is 4.37. The van der Waals surface area contributed by atoms with Gasteiger partial charge in [-0.2, -0.15) is 0 Å². The van der Waals surface area contributed by atoms with Crippen molar-refractivity contribution in [3.05, 3.63) is 23.3 Å². The lowest BCUT2D eigenvalue weighted by atomic mass is 9.98. The summed E-state index contributed by atoms with van der Waals surface area (Å²) in [5, 5.41) is 0.